The molecule has 0 bridgehead atoms. The molecule has 2 aromatic rings. The van der Waals surface area contributed by atoms with Crippen LogP contribution in [0, 0.1) is 0 Å². The van der Waals surface area contributed by atoms with Crippen molar-refractivity contribution in [2.45, 2.75) is 31.9 Å². The first kappa shape index (κ1) is 23.4. The Balaban J connectivity index is 0.00000364. The molecule has 0 aliphatic rings. The van der Waals surface area contributed by atoms with E-state index in [1.54, 1.807) is 12.1 Å². The molecule has 2 aromatic carbocycles. The Morgan fingerprint density at radius 3 is 2.63 bits per heavy atom. The lowest BCUT2D eigenvalue weighted by Gasteiger charge is -2.17. The predicted octanol–water partition coefficient (Wildman–Crippen LogP) is -0.0434. The highest BCUT2D eigenvalue weighted by Crippen LogP contribution is 2.16. The summed E-state index contributed by atoms with van der Waals surface area (Å²) in [6.07, 6.45) is 0.637. The van der Waals surface area contributed by atoms with Crippen LogP contribution in [0.3, 0.4) is 0 Å². The Morgan fingerprint density at radius 2 is 1.93 bits per heavy atom. The van der Waals surface area contributed by atoms with Gasteiger partial charge in [-0.15, -0.1) is 11.6 Å². The van der Waals surface area contributed by atoms with Crippen LogP contribution in [0.25, 0.3) is 0 Å². The molecule has 0 fully saturated rings. The zero-order valence-electron chi connectivity index (χ0n) is 15.5. The van der Waals surface area contributed by atoms with Gasteiger partial charge in [0.15, 0.2) is 5.78 Å². The van der Waals surface area contributed by atoms with Gasteiger partial charge in [-0.2, -0.15) is 0 Å². The second-order valence-electron chi connectivity index (χ2n) is 6.33. The number of carbonyl (C=O) groups excluding carboxylic acids is 1. The van der Waals surface area contributed by atoms with Gasteiger partial charge < -0.3 is 27.6 Å². The number of ketones is 1. The van der Waals surface area contributed by atoms with Gasteiger partial charge in [0.25, 0.3) is 0 Å². The van der Waals surface area contributed by atoms with Crippen molar-refractivity contribution < 1.29 is 32.4 Å². The Labute approximate surface area is 172 Å². The summed E-state index contributed by atoms with van der Waals surface area (Å²) < 4.78 is 5.58. The standard InChI is InChI=1S/C21H26ClNO3.ClH/c1-16(21(25)17-7-3-2-4-8-17)23-13-11-20(24)18-9-5-10-19(15-18)26-14-6-12-22;/h2-5,7-10,15-16,21,23,25H,6,11-14H2,1H3;1H. The van der Waals surface area contributed by atoms with Crippen molar-refractivity contribution in [3.8, 4) is 5.75 Å². The maximum Gasteiger partial charge on any atom is 0.168 e. The van der Waals surface area contributed by atoms with Crippen LogP contribution < -0.4 is 22.5 Å². The van der Waals surface area contributed by atoms with E-state index in [1.165, 1.54) is 0 Å². The molecule has 27 heavy (non-hydrogen) atoms. The zero-order chi connectivity index (χ0) is 18.8. The maximum absolute atomic E-state index is 12.4. The number of hydrogen-bond acceptors (Lipinski definition) is 3. The Bertz CT molecular complexity index is 682. The molecule has 0 saturated heterocycles. The van der Waals surface area contributed by atoms with Gasteiger partial charge in [-0.05, 0) is 31.0 Å². The number of benzene rings is 2. The first-order valence-corrected chi connectivity index (χ1v) is 9.53. The van der Waals surface area contributed by atoms with Crippen LogP contribution in [0.4, 0.5) is 0 Å². The van der Waals surface area contributed by atoms with E-state index >= 15 is 0 Å². The molecule has 6 heteroatoms. The molecule has 0 saturated carbocycles. The third-order valence-corrected chi connectivity index (χ3v) is 4.52. The molecule has 0 aromatic heterocycles. The average molecular weight is 412 g/mol. The molecule has 3 N–H and O–H groups in total. The van der Waals surface area contributed by atoms with E-state index in [2.05, 4.69) is 0 Å². The van der Waals surface area contributed by atoms with Crippen LogP contribution in [0.5, 0.6) is 5.75 Å². The van der Waals surface area contributed by atoms with E-state index in [9.17, 15) is 9.90 Å². The van der Waals surface area contributed by atoms with Crippen molar-refractivity contribution in [3.05, 3.63) is 65.7 Å². The molecule has 2 atom stereocenters. The molecule has 0 spiro atoms. The molecule has 0 radical (unpaired) electrons. The lowest BCUT2D eigenvalue weighted by molar-refractivity contribution is -0.693. The number of carbonyl (C=O) groups is 1. The van der Waals surface area contributed by atoms with Crippen LogP contribution in [-0.2, 0) is 0 Å². The van der Waals surface area contributed by atoms with Gasteiger partial charge in [-0.3, -0.25) is 4.79 Å². The fourth-order valence-electron chi connectivity index (χ4n) is 2.71. The summed E-state index contributed by atoms with van der Waals surface area (Å²) in [6, 6.07) is 16.8. The minimum atomic E-state index is -0.551. The predicted molar refractivity (Wildman–Crippen MR) is 104 cm³/mol. The maximum atomic E-state index is 12.4. The number of hydrogen-bond donors (Lipinski definition) is 2. The molecule has 0 heterocycles. The van der Waals surface area contributed by atoms with Crippen LogP contribution >= 0.6 is 11.6 Å². The summed E-state index contributed by atoms with van der Waals surface area (Å²) in [5.41, 5.74) is 1.54. The minimum absolute atomic E-state index is 0. The van der Waals surface area contributed by atoms with Crippen LogP contribution in [-0.4, -0.2) is 36.0 Å². The van der Waals surface area contributed by atoms with E-state index < -0.39 is 6.10 Å². The topological polar surface area (TPSA) is 63.1 Å². The van der Waals surface area contributed by atoms with Crippen molar-refractivity contribution in [1.82, 2.24) is 0 Å². The number of quaternary nitrogens is 1. The number of aliphatic hydroxyl groups is 1. The second-order valence-corrected chi connectivity index (χ2v) is 6.71. The highest BCUT2D eigenvalue weighted by atomic mass is 35.5. The third kappa shape index (κ3) is 7.89. The quantitative estimate of drug-likeness (QED) is 0.309. The highest BCUT2D eigenvalue weighted by molar-refractivity contribution is 6.17. The van der Waals surface area contributed by atoms with E-state index in [0.29, 0.717) is 36.8 Å². The average Bonchev–Trinajstić information content (AvgIpc) is 2.68. The highest BCUT2D eigenvalue weighted by Gasteiger charge is 2.19. The number of nitrogens with two attached hydrogens (primary N) is 1. The molecular weight excluding hydrogens is 385 g/mol. The van der Waals surface area contributed by atoms with Gasteiger partial charge in [0.05, 0.1) is 19.6 Å². The Kier molecular flexibility index (Phi) is 11.1. The molecule has 148 valence electrons. The smallest absolute Gasteiger partial charge is 0.168 e. The van der Waals surface area contributed by atoms with Crippen LogP contribution in [0.15, 0.2) is 54.6 Å². The Hall–Kier alpha value is -1.59. The first-order chi connectivity index (χ1) is 12.6. The summed E-state index contributed by atoms with van der Waals surface area (Å²) in [7, 11) is 0. The van der Waals surface area contributed by atoms with Crippen LogP contribution in [0.1, 0.15) is 41.8 Å². The van der Waals surface area contributed by atoms with Gasteiger partial charge >= 0.3 is 0 Å². The minimum Gasteiger partial charge on any atom is -1.00 e. The van der Waals surface area contributed by atoms with Crippen LogP contribution in [0.2, 0.25) is 0 Å². The van der Waals surface area contributed by atoms with Gasteiger partial charge in [-0.25, -0.2) is 0 Å². The SMILES string of the molecule is CC([NH2+]CCC(=O)c1cccc(OCCCCl)c1)C(O)c1ccccc1.[Cl-]. The fraction of sp³-hybridized carbons (Fsp3) is 0.381. The van der Waals surface area contributed by atoms with Crippen molar-refractivity contribution in [2.75, 3.05) is 19.0 Å². The van der Waals surface area contributed by atoms with Crippen molar-refractivity contribution in [1.29, 1.82) is 0 Å². The molecule has 0 amide bonds. The lowest BCUT2D eigenvalue weighted by Crippen LogP contribution is -3.00. The summed E-state index contributed by atoms with van der Waals surface area (Å²) in [6.45, 7) is 3.14. The second kappa shape index (κ2) is 12.7. The third-order valence-electron chi connectivity index (χ3n) is 4.25. The zero-order valence-corrected chi connectivity index (χ0v) is 17.0. The first-order valence-electron chi connectivity index (χ1n) is 9.00. The summed E-state index contributed by atoms with van der Waals surface area (Å²) in [5.74, 6) is 1.32. The number of ether oxygens (including phenoxy) is 1. The van der Waals surface area contributed by atoms with Gasteiger partial charge in [0.1, 0.15) is 17.9 Å². The number of alkyl halides is 1. The monoisotopic (exact) mass is 411 g/mol. The summed E-state index contributed by atoms with van der Waals surface area (Å²) in [4.78, 5) is 12.4. The van der Waals surface area contributed by atoms with Crippen molar-refractivity contribution >= 4 is 17.4 Å². The molecular formula is C21H27Cl2NO3. The number of Topliss-reactive ketones (excluding diaryl/α,β-unsaturated/α-hetero) is 1. The van der Waals surface area contributed by atoms with E-state index in [-0.39, 0.29) is 24.2 Å². The van der Waals surface area contributed by atoms with E-state index in [4.69, 9.17) is 16.3 Å². The number of rotatable bonds is 11. The van der Waals surface area contributed by atoms with Gasteiger partial charge in [0, 0.05) is 11.4 Å². The fourth-order valence-corrected chi connectivity index (χ4v) is 2.82. The number of halogens is 2. The van der Waals surface area contributed by atoms with Crippen molar-refractivity contribution in [2.24, 2.45) is 0 Å². The normalized spacial score (nSPS) is 12.7. The van der Waals surface area contributed by atoms with Gasteiger partial charge in [-0.1, -0.05) is 42.5 Å². The molecule has 0 aliphatic carbocycles. The molecule has 0 aliphatic heterocycles. The summed E-state index contributed by atoms with van der Waals surface area (Å²) in [5, 5.41) is 12.4. The molecule has 2 rings (SSSR count). The number of aliphatic hydroxyl groups excluding tert-OH is 1. The Morgan fingerprint density at radius 1 is 1.19 bits per heavy atom. The lowest BCUT2D eigenvalue weighted by atomic mass is 10.0. The van der Waals surface area contributed by atoms with E-state index in [0.717, 1.165) is 12.0 Å². The molecule has 4 nitrogen and oxygen atoms in total. The van der Waals surface area contributed by atoms with Crippen molar-refractivity contribution in [3.63, 3.8) is 0 Å². The summed E-state index contributed by atoms with van der Waals surface area (Å²) >= 11 is 5.64. The molecule has 2 unspecified atom stereocenters. The largest absolute Gasteiger partial charge is 1.00 e. The van der Waals surface area contributed by atoms with E-state index in [1.807, 2.05) is 54.7 Å². The van der Waals surface area contributed by atoms with Gasteiger partial charge in [0.2, 0.25) is 0 Å².